The number of carbonyl (C=O) groups excluding carboxylic acids is 1. The summed E-state index contributed by atoms with van der Waals surface area (Å²) < 4.78 is 20.9. The Balaban J connectivity index is 1.63. The molecule has 3 aromatic rings. The van der Waals surface area contributed by atoms with Gasteiger partial charge in [0, 0.05) is 13.0 Å². The summed E-state index contributed by atoms with van der Waals surface area (Å²) in [6, 6.07) is 12.4. The zero-order chi connectivity index (χ0) is 19.9. The third kappa shape index (κ3) is 4.76. The third-order valence-electron chi connectivity index (χ3n) is 3.92. The number of ether oxygens (including phenoxy) is 3. The topological polar surface area (TPSA) is 83.7 Å². The minimum atomic E-state index is -0.160. The summed E-state index contributed by atoms with van der Waals surface area (Å²) in [5.41, 5.74) is 1.33. The van der Waals surface area contributed by atoms with E-state index in [9.17, 15) is 4.79 Å². The molecular weight excluding hydrogens is 360 g/mol. The summed E-state index contributed by atoms with van der Waals surface area (Å²) in [6.07, 6.45) is 3.24. The van der Waals surface area contributed by atoms with Crippen molar-refractivity contribution < 1.29 is 23.5 Å². The number of carbonyl (C=O) groups is 1. The van der Waals surface area contributed by atoms with Crippen LogP contribution in [0.2, 0.25) is 0 Å². The molecule has 0 fully saturated rings. The molecule has 0 atom stereocenters. The first kappa shape index (κ1) is 19.2. The molecule has 0 N–H and O–H groups in total. The monoisotopic (exact) mass is 380 g/mol. The zero-order valence-electron chi connectivity index (χ0n) is 15.8. The van der Waals surface area contributed by atoms with Crippen molar-refractivity contribution in [1.29, 1.82) is 0 Å². The van der Waals surface area contributed by atoms with Crippen LogP contribution in [0.15, 0.2) is 53.1 Å². The maximum absolute atomic E-state index is 12.5. The van der Waals surface area contributed by atoms with Gasteiger partial charge in [0.05, 0.1) is 19.8 Å². The van der Waals surface area contributed by atoms with Crippen LogP contribution >= 0.6 is 0 Å². The number of methoxy groups -OCH3 is 2. The van der Waals surface area contributed by atoms with Gasteiger partial charge in [-0.1, -0.05) is 23.4 Å². The molecule has 0 radical (unpaired) electrons. The summed E-state index contributed by atoms with van der Waals surface area (Å²) in [7, 11) is 3.08. The highest BCUT2D eigenvalue weighted by molar-refractivity contribution is 6.08. The summed E-state index contributed by atoms with van der Waals surface area (Å²) in [5, 5.41) is 3.77. The van der Waals surface area contributed by atoms with E-state index in [-0.39, 0.29) is 12.4 Å². The summed E-state index contributed by atoms with van der Waals surface area (Å²) >= 11 is 0. The van der Waals surface area contributed by atoms with Crippen molar-refractivity contribution in [3.05, 3.63) is 71.4 Å². The molecule has 1 aromatic heterocycles. The predicted molar refractivity (Wildman–Crippen MR) is 103 cm³/mol. The van der Waals surface area contributed by atoms with E-state index in [1.807, 2.05) is 24.3 Å². The van der Waals surface area contributed by atoms with Gasteiger partial charge in [0.25, 0.3) is 0 Å². The fourth-order valence-electron chi connectivity index (χ4n) is 2.49. The molecule has 0 saturated heterocycles. The number of nitrogens with zero attached hydrogens (tertiary/aromatic N) is 2. The second-order valence-electron chi connectivity index (χ2n) is 5.85. The molecule has 7 heteroatoms. The lowest BCUT2D eigenvalue weighted by atomic mass is 10.1. The van der Waals surface area contributed by atoms with Crippen LogP contribution in [0.5, 0.6) is 17.2 Å². The zero-order valence-corrected chi connectivity index (χ0v) is 15.8. The van der Waals surface area contributed by atoms with Crippen LogP contribution in [0.25, 0.3) is 6.08 Å². The van der Waals surface area contributed by atoms with Crippen LogP contribution in [0, 0.1) is 6.92 Å². The van der Waals surface area contributed by atoms with Crippen LogP contribution < -0.4 is 14.2 Å². The van der Waals surface area contributed by atoms with Crippen molar-refractivity contribution in [1.82, 2.24) is 10.1 Å². The van der Waals surface area contributed by atoms with Crippen LogP contribution in [-0.4, -0.2) is 30.1 Å². The maximum Gasteiger partial charge on any atom is 0.223 e. The first-order chi connectivity index (χ1) is 13.6. The quantitative estimate of drug-likeness (QED) is 0.433. The Kier molecular flexibility index (Phi) is 6.06. The second-order valence-corrected chi connectivity index (χ2v) is 5.85. The minimum absolute atomic E-state index is 0.160. The molecule has 144 valence electrons. The van der Waals surface area contributed by atoms with E-state index in [2.05, 4.69) is 10.1 Å². The van der Waals surface area contributed by atoms with E-state index in [1.165, 1.54) is 13.2 Å². The molecule has 0 aliphatic heterocycles. The molecule has 1 heterocycles. The smallest absolute Gasteiger partial charge is 0.223 e. The van der Waals surface area contributed by atoms with Gasteiger partial charge in [-0.3, -0.25) is 4.79 Å². The number of rotatable bonds is 8. The predicted octanol–water partition coefficient (Wildman–Crippen LogP) is 3.87. The van der Waals surface area contributed by atoms with Gasteiger partial charge in [-0.25, -0.2) is 0 Å². The highest BCUT2D eigenvalue weighted by Gasteiger charge is 2.10. The molecule has 0 amide bonds. The van der Waals surface area contributed by atoms with Crippen molar-refractivity contribution in [2.45, 2.75) is 13.5 Å². The van der Waals surface area contributed by atoms with E-state index in [0.29, 0.717) is 34.5 Å². The van der Waals surface area contributed by atoms with Gasteiger partial charge in [0.1, 0.15) is 17.2 Å². The molecule has 0 spiro atoms. The largest absolute Gasteiger partial charge is 0.497 e. The Morgan fingerprint density at radius 1 is 1.07 bits per heavy atom. The Labute approximate surface area is 162 Å². The van der Waals surface area contributed by atoms with Crippen LogP contribution in [0.1, 0.15) is 27.6 Å². The highest BCUT2D eigenvalue weighted by atomic mass is 16.5. The van der Waals surface area contributed by atoms with Crippen LogP contribution in [0.3, 0.4) is 0 Å². The van der Waals surface area contributed by atoms with E-state index < -0.39 is 0 Å². The van der Waals surface area contributed by atoms with Crippen molar-refractivity contribution in [3.63, 3.8) is 0 Å². The Hall–Kier alpha value is -3.61. The molecule has 2 aromatic carbocycles. The number of allylic oxidation sites excluding steroid dienone is 1. The lowest BCUT2D eigenvalue weighted by Crippen LogP contribution is -1.99. The number of aryl methyl sites for hydroxylation is 1. The Morgan fingerprint density at radius 2 is 1.82 bits per heavy atom. The molecule has 7 nitrogen and oxygen atoms in total. The fourth-order valence-corrected chi connectivity index (χ4v) is 2.49. The van der Waals surface area contributed by atoms with Crippen molar-refractivity contribution >= 4 is 11.9 Å². The van der Waals surface area contributed by atoms with E-state index in [1.54, 1.807) is 38.3 Å². The fraction of sp³-hybridized carbons (Fsp3) is 0.190. The van der Waals surface area contributed by atoms with Gasteiger partial charge in [-0.05, 0) is 35.9 Å². The first-order valence-corrected chi connectivity index (χ1v) is 8.55. The SMILES string of the molecule is COc1ccc(C(=O)/C=C/c2ccc(OCc3noc(C)n3)cc2)c(OC)c1. The van der Waals surface area contributed by atoms with Crippen molar-refractivity contribution in [2.75, 3.05) is 14.2 Å². The first-order valence-electron chi connectivity index (χ1n) is 8.55. The summed E-state index contributed by atoms with van der Waals surface area (Å²) in [6.45, 7) is 1.95. The second kappa shape index (κ2) is 8.85. The minimum Gasteiger partial charge on any atom is -0.497 e. The van der Waals surface area contributed by atoms with Gasteiger partial charge < -0.3 is 18.7 Å². The molecule has 0 aliphatic carbocycles. The molecule has 0 unspecified atom stereocenters. The van der Waals surface area contributed by atoms with E-state index >= 15 is 0 Å². The van der Waals surface area contributed by atoms with Gasteiger partial charge in [0.2, 0.25) is 11.7 Å². The number of hydrogen-bond acceptors (Lipinski definition) is 7. The molecule has 3 rings (SSSR count). The molecule has 0 bridgehead atoms. The number of aromatic nitrogens is 2. The summed E-state index contributed by atoms with van der Waals surface area (Å²) in [5.74, 6) is 2.59. The van der Waals surface area contributed by atoms with Gasteiger partial charge in [-0.15, -0.1) is 0 Å². The van der Waals surface area contributed by atoms with Crippen molar-refractivity contribution in [3.8, 4) is 17.2 Å². The maximum atomic E-state index is 12.5. The lowest BCUT2D eigenvalue weighted by molar-refractivity contribution is 0.104. The van der Waals surface area contributed by atoms with Gasteiger partial charge >= 0.3 is 0 Å². The van der Waals surface area contributed by atoms with E-state index in [0.717, 1.165) is 5.56 Å². The van der Waals surface area contributed by atoms with Gasteiger partial charge in [0.15, 0.2) is 12.4 Å². The highest BCUT2D eigenvalue weighted by Crippen LogP contribution is 2.25. The molecule has 0 aliphatic rings. The van der Waals surface area contributed by atoms with Gasteiger partial charge in [-0.2, -0.15) is 4.98 Å². The number of benzene rings is 2. The van der Waals surface area contributed by atoms with Crippen LogP contribution in [0.4, 0.5) is 0 Å². The summed E-state index contributed by atoms with van der Waals surface area (Å²) in [4.78, 5) is 16.5. The average Bonchev–Trinajstić information content (AvgIpc) is 3.15. The molecule has 28 heavy (non-hydrogen) atoms. The molecule has 0 saturated carbocycles. The third-order valence-corrected chi connectivity index (χ3v) is 3.92. The normalized spacial score (nSPS) is 10.8. The lowest BCUT2D eigenvalue weighted by Gasteiger charge is -2.08. The van der Waals surface area contributed by atoms with E-state index in [4.69, 9.17) is 18.7 Å². The van der Waals surface area contributed by atoms with Crippen molar-refractivity contribution in [2.24, 2.45) is 0 Å². The number of hydrogen-bond donors (Lipinski definition) is 0. The number of ketones is 1. The Bertz CT molecular complexity index is 977. The standard InChI is InChI=1S/C21H20N2O5/c1-14-22-21(23-28-14)13-27-16-7-4-15(5-8-16)6-11-19(24)18-10-9-17(25-2)12-20(18)26-3/h4-12H,13H2,1-3H3/b11-6+. The average molecular weight is 380 g/mol. The van der Waals surface area contributed by atoms with Crippen LogP contribution in [-0.2, 0) is 6.61 Å². The Morgan fingerprint density at radius 3 is 2.46 bits per heavy atom. The molecular formula is C21H20N2O5.